The number of fused-ring (bicyclic) bond motifs is 2. The van der Waals surface area contributed by atoms with E-state index in [1.54, 1.807) is 0 Å². The summed E-state index contributed by atoms with van der Waals surface area (Å²) >= 11 is 0. The molecule has 0 N–H and O–H groups in total. The molecule has 2 nitrogen and oxygen atoms in total. The van der Waals surface area contributed by atoms with E-state index in [2.05, 4.69) is 119 Å². The van der Waals surface area contributed by atoms with Gasteiger partial charge in [-0.2, -0.15) is 0 Å². The molecular weight excluding hydrogens is 388 g/mol. The molecular formula is C30H30N2. The van der Waals surface area contributed by atoms with E-state index in [1.807, 2.05) is 0 Å². The number of para-hydroxylation sites is 4. The van der Waals surface area contributed by atoms with Gasteiger partial charge in [0.1, 0.15) is 0 Å². The predicted octanol–water partition coefficient (Wildman–Crippen LogP) is 7.54. The van der Waals surface area contributed by atoms with Crippen LogP contribution < -0.4 is 9.80 Å². The van der Waals surface area contributed by atoms with Gasteiger partial charge in [-0.1, -0.05) is 84.9 Å². The summed E-state index contributed by atoms with van der Waals surface area (Å²) in [5.74, 6) is 0. The Bertz CT molecular complexity index is 999. The molecule has 0 unspecified atom stereocenters. The van der Waals surface area contributed by atoms with E-state index in [4.69, 9.17) is 0 Å². The summed E-state index contributed by atoms with van der Waals surface area (Å²) in [5, 5.41) is 0. The van der Waals surface area contributed by atoms with Crippen molar-refractivity contribution in [2.75, 3.05) is 22.9 Å². The summed E-state index contributed by atoms with van der Waals surface area (Å²) < 4.78 is 0. The van der Waals surface area contributed by atoms with Crippen LogP contribution >= 0.6 is 0 Å². The molecule has 32 heavy (non-hydrogen) atoms. The Hall–Kier alpha value is -3.52. The largest absolute Gasteiger partial charge is 0.338 e. The maximum Gasteiger partial charge on any atom is 0.0652 e. The van der Waals surface area contributed by atoms with Crippen molar-refractivity contribution in [3.8, 4) is 0 Å². The van der Waals surface area contributed by atoms with E-state index in [9.17, 15) is 0 Å². The van der Waals surface area contributed by atoms with Gasteiger partial charge in [-0.3, -0.25) is 0 Å². The van der Waals surface area contributed by atoms with Crippen LogP contribution in [0.2, 0.25) is 0 Å². The highest BCUT2D eigenvalue weighted by atomic mass is 15.3. The van der Waals surface area contributed by atoms with Gasteiger partial charge in [-0.15, -0.1) is 0 Å². The van der Waals surface area contributed by atoms with Crippen molar-refractivity contribution < 1.29 is 0 Å². The molecule has 5 rings (SSSR count). The van der Waals surface area contributed by atoms with Gasteiger partial charge in [-0.25, -0.2) is 0 Å². The van der Waals surface area contributed by atoms with Gasteiger partial charge in [0.05, 0.1) is 22.7 Å². The maximum absolute atomic E-state index is 2.52. The molecule has 0 spiro atoms. The molecule has 0 fully saturated rings. The average Bonchev–Trinajstić information content (AvgIpc) is 2.86. The number of nitrogens with zero attached hydrogens (tertiary/aromatic N) is 2. The number of hydrogen-bond donors (Lipinski definition) is 0. The highest BCUT2D eigenvalue weighted by molar-refractivity contribution is 5.93. The Labute approximate surface area is 191 Å². The first-order valence-corrected chi connectivity index (χ1v) is 11.7. The molecule has 160 valence electrons. The van der Waals surface area contributed by atoms with Crippen molar-refractivity contribution in [1.82, 2.24) is 0 Å². The minimum absolute atomic E-state index is 1.01. The number of anilines is 4. The third kappa shape index (κ3) is 4.40. The smallest absolute Gasteiger partial charge is 0.0652 e. The van der Waals surface area contributed by atoms with Gasteiger partial charge < -0.3 is 9.80 Å². The number of benzene rings is 4. The second kappa shape index (κ2) is 9.74. The van der Waals surface area contributed by atoms with Crippen LogP contribution in [0.15, 0.2) is 109 Å². The lowest BCUT2D eigenvalue weighted by atomic mass is 10.0. The molecule has 0 saturated carbocycles. The molecule has 1 aliphatic heterocycles. The molecule has 0 bridgehead atoms. The molecule has 0 aromatic heterocycles. The third-order valence-electron chi connectivity index (χ3n) is 6.31. The fourth-order valence-corrected chi connectivity index (χ4v) is 4.75. The van der Waals surface area contributed by atoms with Crippen LogP contribution in [0, 0.1) is 0 Å². The van der Waals surface area contributed by atoms with Crippen LogP contribution in [0.4, 0.5) is 22.7 Å². The van der Waals surface area contributed by atoms with Crippen LogP contribution in [0.5, 0.6) is 0 Å². The Kier molecular flexibility index (Phi) is 6.20. The highest BCUT2D eigenvalue weighted by Crippen LogP contribution is 2.47. The molecule has 0 amide bonds. The minimum Gasteiger partial charge on any atom is -0.338 e. The summed E-state index contributed by atoms with van der Waals surface area (Å²) in [6.07, 6.45) is 4.45. The van der Waals surface area contributed by atoms with Gasteiger partial charge in [0.2, 0.25) is 0 Å². The van der Waals surface area contributed by atoms with E-state index in [-0.39, 0.29) is 0 Å². The first-order valence-electron chi connectivity index (χ1n) is 11.7. The fraction of sp³-hybridized carbons (Fsp3) is 0.200. The van der Waals surface area contributed by atoms with Crippen LogP contribution in [0.3, 0.4) is 0 Å². The lowest BCUT2D eigenvalue weighted by Crippen LogP contribution is -2.31. The normalized spacial score (nSPS) is 12.4. The monoisotopic (exact) mass is 418 g/mol. The van der Waals surface area contributed by atoms with Crippen LogP contribution in [-0.4, -0.2) is 13.1 Å². The van der Waals surface area contributed by atoms with E-state index < -0.39 is 0 Å². The summed E-state index contributed by atoms with van der Waals surface area (Å²) in [5.41, 5.74) is 8.10. The zero-order valence-electron chi connectivity index (χ0n) is 18.5. The Morgan fingerprint density at radius 2 is 0.688 bits per heavy atom. The molecule has 0 aliphatic carbocycles. The summed E-state index contributed by atoms with van der Waals surface area (Å²) in [7, 11) is 0. The van der Waals surface area contributed by atoms with Crippen LogP contribution in [0.25, 0.3) is 0 Å². The van der Waals surface area contributed by atoms with Crippen LogP contribution in [-0.2, 0) is 12.8 Å². The SMILES string of the molecule is c1ccc(CCCN2c3ccccc3N(CCCc3ccccc3)c3ccccc32)cc1. The zero-order chi connectivity index (χ0) is 21.6. The molecule has 0 atom stereocenters. The number of rotatable bonds is 8. The van der Waals surface area contributed by atoms with Gasteiger partial charge in [0.25, 0.3) is 0 Å². The predicted molar refractivity (Wildman–Crippen MR) is 136 cm³/mol. The van der Waals surface area contributed by atoms with Gasteiger partial charge in [0.15, 0.2) is 0 Å². The Morgan fingerprint density at radius 3 is 1.03 bits per heavy atom. The second-order valence-electron chi connectivity index (χ2n) is 8.46. The quantitative estimate of drug-likeness (QED) is 0.291. The highest BCUT2D eigenvalue weighted by Gasteiger charge is 2.27. The molecule has 4 aromatic carbocycles. The number of aryl methyl sites for hydroxylation is 2. The summed E-state index contributed by atoms with van der Waals surface area (Å²) in [6.45, 7) is 2.03. The molecule has 0 radical (unpaired) electrons. The Morgan fingerprint density at radius 1 is 0.375 bits per heavy atom. The zero-order valence-corrected chi connectivity index (χ0v) is 18.5. The first-order chi connectivity index (χ1) is 15.9. The molecule has 2 heteroatoms. The van der Waals surface area contributed by atoms with E-state index in [0.717, 1.165) is 38.8 Å². The van der Waals surface area contributed by atoms with Crippen molar-refractivity contribution in [1.29, 1.82) is 0 Å². The second-order valence-corrected chi connectivity index (χ2v) is 8.46. The van der Waals surface area contributed by atoms with Crippen LogP contribution in [0.1, 0.15) is 24.0 Å². The van der Waals surface area contributed by atoms with E-state index >= 15 is 0 Å². The lowest BCUT2D eigenvalue weighted by Gasteiger charge is -2.40. The molecule has 1 aliphatic rings. The summed E-state index contributed by atoms with van der Waals surface area (Å²) in [4.78, 5) is 5.03. The van der Waals surface area contributed by atoms with Gasteiger partial charge in [0, 0.05) is 13.1 Å². The van der Waals surface area contributed by atoms with Crippen molar-refractivity contribution >= 4 is 22.7 Å². The molecule has 0 saturated heterocycles. The Balaban J connectivity index is 1.37. The molecule has 1 heterocycles. The lowest BCUT2D eigenvalue weighted by molar-refractivity contribution is 0.778. The topological polar surface area (TPSA) is 6.48 Å². The van der Waals surface area contributed by atoms with Gasteiger partial charge >= 0.3 is 0 Å². The van der Waals surface area contributed by atoms with E-state index in [0.29, 0.717) is 0 Å². The van der Waals surface area contributed by atoms with Crippen molar-refractivity contribution in [2.24, 2.45) is 0 Å². The summed E-state index contributed by atoms with van der Waals surface area (Å²) in [6, 6.07) is 39.4. The number of hydrogen-bond acceptors (Lipinski definition) is 2. The molecule has 4 aromatic rings. The van der Waals surface area contributed by atoms with E-state index in [1.165, 1.54) is 33.9 Å². The standard InChI is InChI=1S/C30H30N2/c1-3-13-25(14-4-1)17-11-23-31-27-19-7-9-21-29(27)32(30-22-10-8-20-28(30)31)24-12-18-26-15-5-2-6-16-26/h1-10,13-16,19-22H,11-12,17-18,23-24H2. The van der Waals surface area contributed by atoms with Crippen molar-refractivity contribution in [2.45, 2.75) is 25.7 Å². The fourth-order valence-electron chi connectivity index (χ4n) is 4.75. The maximum atomic E-state index is 2.52. The first kappa shape index (κ1) is 20.4. The van der Waals surface area contributed by atoms with Gasteiger partial charge in [-0.05, 0) is 61.1 Å². The van der Waals surface area contributed by atoms with Crippen molar-refractivity contribution in [3.63, 3.8) is 0 Å². The van der Waals surface area contributed by atoms with Crippen molar-refractivity contribution in [3.05, 3.63) is 120 Å². The minimum atomic E-state index is 1.01. The average molecular weight is 419 g/mol. The third-order valence-corrected chi connectivity index (χ3v) is 6.31.